The lowest BCUT2D eigenvalue weighted by Gasteiger charge is -2.24. The molecule has 0 saturated carbocycles. The summed E-state index contributed by atoms with van der Waals surface area (Å²) in [6.45, 7) is 2.65. The summed E-state index contributed by atoms with van der Waals surface area (Å²) >= 11 is 1.60. The molecule has 0 spiro atoms. The number of carbonyl (C=O) groups is 1. The molecule has 0 radical (unpaired) electrons. The molecule has 0 bridgehead atoms. The first kappa shape index (κ1) is 19.1. The van der Waals surface area contributed by atoms with E-state index in [1.165, 1.54) is 0 Å². The van der Waals surface area contributed by atoms with Gasteiger partial charge in [0.25, 0.3) is 5.91 Å². The second-order valence-corrected chi connectivity index (χ2v) is 10.2. The molecule has 146 valence electrons. The fourth-order valence-electron chi connectivity index (χ4n) is 3.68. The van der Waals surface area contributed by atoms with E-state index >= 15 is 0 Å². The minimum absolute atomic E-state index is 0.0362. The number of rotatable bonds is 5. The van der Waals surface area contributed by atoms with Crippen LogP contribution in [0.1, 0.15) is 35.1 Å². The molecule has 4 rings (SSSR count). The molecular formula is C21H22N2O3S2. The summed E-state index contributed by atoms with van der Waals surface area (Å²) in [5.41, 5.74) is 1.51. The van der Waals surface area contributed by atoms with Crippen molar-refractivity contribution in [2.45, 2.75) is 37.1 Å². The highest BCUT2D eigenvalue weighted by Crippen LogP contribution is 2.27. The van der Waals surface area contributed by atoms with E-state index in [9.17, 15) is 13.2 Å². The number of benzene rings is 2. The fraction of sp³-hybridized carbons (Fsp3) is 0.333. The van der Waals surface area contributed by atoms with Crippen molar-refractivity contribution in [3.63, 3.8) is 0 Å². The lowest BCUT2D eigenvalue weighted by atomic mass is 10.1. The van der Waals surface area contributed by atoms with Crippen molar-refractivity contribution in [1.82, 2.24) is 9.88 Å². The summed E-state index contributed by atoms with van der Waals surface area (Å²) in [6.07, 6.45) is 2.40. The number of sulfone groups is 1. The monoisotopic (exact) mass is 414 g/mol. The highest BCUT2D eigenvalue weighted by molar-refractivity contribution is 7.91. The Labute approximate surface area is 168 Å². The van der Waals surface area contributed by atoms with Crippen LogP contribution in [-0.4, -0.2) is 42.5 Å². The maximum Gasteiger partial charge on any atom is 0.254 e. The molecule has 2 heterocycles. The van der Waals surface area contributed by atoms with Crippen LogP contribution in [0.5, 0.6) is 0 Å². The van der Waals surface area contributed by atoms with Crippen molar-refractivity contribution in [3.8, 4) is 0 Å². The van der Waals surface area contributed by atoms with Crippen LogP contribution in [0.4, 0.5) is 0 Å². The summed E-state index contributed by atoms with van der Waals surface area (Å²) in [6, 6.07) is 13.7. The number of aryl methyl sites for hydroxylation is 1. The van der Waals surface area contributed by atoms with E-state index < -0.39 is 9.84 Å². The molecule has 1 saturated heterocycles. The molecule has 1 aliphatic rings. The van der Waals surface area contributed by atoms with Gasteiger partial charge in [0.05, 0.1) is 25.9 Å². The van der Waals surface area contributed by atoms with Crippen molar-refractivity contribution in [2.75, 3.05) is 12.3 Å². The SMILES string of the molecule is CCc1nc2ccc(C(=O)N3CCCC3CS(=O)(=O)c3ccccc3)cc2s1. The Morgan fingerprint density at radius 3 is 2.75 bits per heavy atom. The average molecular weight is 415 g/mol. The smallest absolute Gasteiger partial charge is 0.254 e. The first-order valence-corrected chi connectivity index (χ1v) is 11.9. The molecule has 7 heteroatoms. The van der Waals surface area contributed by atoms with Crippen LogP contribution < -0.4 is 0 Å². The van der Waals surface area contributed by atoms with Gasteiger partial charge in [0.15, 0.2) is 9.84 Å². The van der Waals surface area contributed by atoms with Gasteiger partial charge in [-0.1, -0.05) is 25.1 Å². The summed E-state index contributed by atoms with van der Waals surface area (Å²) in [5.74, 6) is -0.134. The highest BCUT2D eigenvalue weighted by atomic mass is 32.2. The average Bonchev–Trinajstić information content (AvgIpc) is 3.33. The standard InChI is InChI=1S/C21H22N2O3S2/c1-2-20-22-18-11-10-15(13-19(18)27-20)21(24)23-12-6-7-16(23)14-28(25,26)17-8-4-3-5-9-17/h3-5,8-11,13,16H,2,6-7,12,14H2,1H3. The summed E-state index contributed by atoms with van der Waals surface area (Å²) < 4.78 is 26.5. The van der Waals surface area contributed by atoms with Crippen LogP contribution in [-0.2, 0) is 16.3 Å². The Hall–Kier alpha value is -2.25. The number of carbonyl (C=O) groups excluding carboxylic acids is 1. The maximum absolute atomic E-state index is 13.1. The van der Waals surface area contributed by atoms with Crippen LogP contribution in [0, 0.1) is 0 Å². The largest absolute Gasteiger partial charge is 0.335 e. The van der Waals surface area contributed by atoms with Gasteiger partial charge in [0, 0.05) is 18.2 Å². The van der Waals surface area contributed by atoms with Crippen LogP contribution in [0.3, 0.4) is 0 Å². The van der Waals surface area contributed by atoms with Crippen molar-refractivity contribution >= 4 is 37.3 Å². The zero-order valence-corrected chi connectivity index (χ0v) is 17.3. The van der Waals surface area contributed by atoms with E-state index in [-0.39, 0.29) is 17.7 Å². The van der Waals surface area contributed by atoms with Gasteiger partial charge in [0.1, 0.15) is 0 Å². The van der Waals surface area contributed by atoms with Gasteiger partial charge >= 0.3 is 0 Å². The molecule has 1 aliphatic heterocycles. The molecule has 5 nitrogen and oxygen atoms in total. The van der Waals surface area contributed by atoms with Crippen molar-refractivity contribution in [1.29, 1.82) is 0 Å². The Kier molecular flexibility index (Phi) is 5.21. The number of aromatic nitrogens is 1. The molecule has 2 aromatic carbocycles. The van der Waals surface area contributed by atoms with Gasteiger partial charge in [-0.15, -0.1) is 11.3 Å². The zero-order valence-electron chi connectivity index (χ0n) is 15.7. The number of hydrogen-bond donors (Lipinski definition) is 0. The van der Waals surface area contributed by atoms with E-state index in [0.717, 1.165) is 28.1 Å². The van der Waals surface area contributed by atoms with E-state index in [2.05, 4.69) is 11.9 Å². The lowest BCUT2D eigenvalue weighted by molar-refractivity contribution is 0.0749. The van der Waals surface area contributed by atoms with Crippen LogP contribution >= 0.6 is 11.3 Å². The molecule has 0 N–H and O–H groups in total. The fourth-order valence-corrected chi connectivity index (χ4v) is 6.24. The normalized spacial score (nSPS) is 17.3. The van der Waals surface area contributed by atoms with E-state index in [1.807, 2.05) is 12.1 Å². The second kappa shape index (κ2) is 7.64. The molecule has 0 aliphatic carbocycles. The summed E-state index contributed by atoms with van der Waals surface area (Å²) in [7, 11) is -3.43. The summed E-state index contributed by atoms with van der Waals surface area (Å²) in [4.78, 5) is 19.7. The van der Waals surface area contributed by atoms with E-state index in [1.54, 1.807) is 52.6 Å². The number of thiazole rings is 1. The lowest BCUT2D eigenvalue weighted by Crippen LogP contribution is -2.39. The van der Waals surface area contributed by atoms with Gasteiger partial charge in [-0.2, -0.15) is 0 Å². The van der Waals surface area contributed by atoms with Gasteiger partial charge in [-0.25, -0.2) is 13.4 Å². The highest BCUT2D eigenvalue weighted by Gasteiger charge is 2.33. The molecule has 1 atom stereocenters. The third-order valence-electron chi connectivity index (χ3n) is 5.13. The first-order chi connectivity index (χ1) is 13.5. The second-order valence-electron chi connectivity index (χ2n) is 7.03. The third-order valence-corrected chi connectivity index (χ3v) is 8.11. The van der Waals surface area contributed by atoms with Crippen LogP contribution in [0.2, 0.25) is 0 Å². The predicted octanol–water partition coefficient (Wildman–Crippen LogP) is 3.94. The van der Waals surface area contributed by atoms with Crippen molar-refractivity contribution in [2.24, 2.45) is 0 Å². The zero-order chi connectivity index (χ0) is 19.7. The number of fused-ring (bicyclic) bond motifs is 1. The number of hydrogen-bond acceptors (Lipinski definition) is 5. The molecule has 1 unspecified atom stereocenters. The number of nitrogens with zero attached hydrogens (tertiary/aromatic N) is 2. The Morgan fingerprint density at radius 1 is 1.21 bits per heavy atom. The third kappa shape index (κ3) is 3.69. The molecule has 1 amide bonds. The quantitative estimate of drug-likeness (QED) is 0.634. The minimum atomic E-state index is -3.43. The van der Waals surface area contributed by atoms with Gasteiger partial charge in [-0.05, 0) is 49.6 Å². The number of amides is 1. The predicted molar refractivity (Wildman–Crippen MR) is 112 cm³/mol. The first-order valence-electron chi connectivity index (χ1n) is 9.46. The molecule has 3 aromatic rings. The molecule has 28 heavy (non-hydrogen) atoms. The summed E-state index contributed by atoms with van der Waals surface area (Å²) in [5, 5.41) is 1.05. The topological polar surface area (TPSA) is 67.3 Å². The molecule has 1 fully saturated rings. The molecule has 1 aromatic heterocycles. The van der Waals surface area contributed by atoms with Crippen molar-refractivity contribution in [3.05, 3.63) is 59.1 Å². The van der Waals surface area contributed by atoms with Gasteiger partial charge < -0.3 is 4.90 Å². The van der Waals surface area contributed by atoms with Crippen LogP contribution in [0.25, 0.3) is 10.2 Å². The van der Waals surface area contributed by atoms with Gasteiger partial charge in [-0.3, -0.25) is 4.79 Å². The van der Waals surface area contributed by atoms with E-state index in [4.69, 9.17) is 0 Å². The van der Waals surface area contributed by atoms with Crippen molar-refractivity contribution < 1.29 is 13.2 Å². The van der Waals surface area contributed by atoms with E-state index in [0.29, 0.717) is 23.4 Å². The number of likely N-dealkylation sites (tertiary alicyclic amines) is 1. The Balaban J connectivity index is 1.57. The Morgan fingerprint density at radius 2 is 2.00 bits per heavy atom. The van der Waals surface area contributed by atoms with Gasteiger partial charge in [0.2, 0.25) is 0 Å². The van der Waals surface area contributed by atoms with Crippen LogP contribution in [0.15, 0.2) is 53.4 Å². The molecular weight excluding hydrogens is 392 g/mol. The Bertz CT molecular complexity index is 1110. The minimum Gasteiger partial charge on any atom is -0.335 e. The maximum atomic E-state index is 13.1.